The molecule has 4 aromatic heterocycles. The number of nitrogens with two attached hydrogens (primary N) is 1. The van der Waals surface area contributed by atoms with Crippen LogP contribution >= 0.6 is 0 Å². The molecular formula is C33H34N6. The SMILES string of the molecule is C#C.C=C/C(=C\C(=C/C)c1cnc(N)c(Cc2cc3c(-c4ccncc4)cncc3[nH]2)c1)NC(=C)C1CCC1. The number of aromatic nitrogens is 4. The number of allylic oxidation sites excluding steroid dienone is 5. The Kier molecular flexibility index (Phi) is 8.75. The van der Waals surface area contributed by atoms with Crippen LogP contribution in [0.5, 0.6) is 0 Å². The number of nitrogens with one attached hydrogen (secondary N) is 2. The zero-order valence-corrected chi connectivity index (χ0v) is 22.3. The van der Waals surface area contributed by atoms with Crippen LogP contribution in [0.25, 0.3) is 27.6 Å². The average molecular weight is 515 g/mol. The summed E-state index contributed by atoms with van der Waals surface area (Å²) < 4.78 is 0. The molecule has 39 heavy (non-hydrogen) atoms. The van der Waals surface area contributed by atoms with Crippen molar-refractivity contribution in [1.82, 2.24) is 25.3 Å². The topological polar surface area (TPSA) is 92.5 Å². The fourth-order valence-corrected chi connectivity index (χ4v) is 4.68. The lowest BCUT2D eigenvalue weighted by Gasteiger charge is -2.28. The van der Waals surface area contributed by atoms with Crippen LogP contribution in [0.1, 0.15) is 43.0 Å². The molecule has 0 unspecified atom stereocenters. The molecule has 196 valence electrons. The lowest BCUT2D eigenvalue weighted by atomic mass is 9.83. The Morgan fingerprint density at radius 1 is 1.15 bits per heavy atom. The maximum Gasteiger partial charge on any atom is 0.126 e. The molecule has 1 saturated carbocycles. The normalized spacial score (nSPS) is 13.7. The molecule has 4 N–H and O–H groups in total. The zero-order valence-electron chi connectivity index (χ0n) is 22.3. The van der Waals surface area contributed by atoms with Gasteiger partial charge in [-0.05, 0) is 73.2 Å². The van der Waals surface area contributed by atoms with E-state index in [2.05, 4.69) is 75.5 Å². The molecule has 4 heterocycles. The molecule has 1 aliphatic rings. The summed E-state index contributed by atoms with van der Waals surface area (Å²) in [5, 5.41) is 4.57. The predicted octanol–water partition coefficient (Wildman–Crippen LogP) is 6.82. The van der Waals surface area contributed by atoms with Gasteiger partial charge in [0, 0.05) is 70.4 Å². The van der Waals surface area contributed by atoms with Crippen LogP contribution in [0.4, 0.5) is 5.82 Å². The fraction of sp³-hybridized carbons (Fsp3) is 0.182. The third-order valence-corrected chi connectivity index (χ3v) is 7.05. The van der Waals surface area contributed by atoms with Crippen LogP contribution in [0.3, 0.4) is 0 Å². The van der Waals surface area contributed by atoms with Crippen LogP contribution in [0, 0.1) is 18.8 Å². The van der Waals surface area contributed by atoms with Gasteiger partial charge < -0.3 is 16.0 Å². The molecule has 1 fully saturated rings. The first-order valence-corrected chi connectivity index (χ1v) is 13.0. The maximum absolute atomic E-state index is 6.32. The molecule has 5 rings (SSSR count). The zero-order chi connectivity index (χ0) is 27.8. The monoisotopic (exact) mass is 514 g/mol. The molecule has 0 bridgehead atoms. The van der Waals surface area contributed by atoms with Gasteiger partial charge in [-0.25, -0.2) is 4.98 Å². The number of hydrogen-bond donors (Lipinski definition) is 3. The van der Waals surface area contributed by atoms with E-state index in [4.69, 9.17) is 5.73 Å². The first-order chi connectivity index (χ1) is 19.1. The van der Waals surface area contributed by atoms with Crippen molar-refractivity contribution >= 4 is 22.3 Å². The number of rotatable bonds is 9. The summed E-state index contributed by atoms with van der Waals surface area (Å²) in [6, 6.07) is 8.27. The van der Waals surface area contributed by atoms with Crippen molar-refractivity contribution in [1.29, 1.82) is 0 Å². The number of pyridine rings is 3. The largest absolute Gasteiger partial charge is 0.383 e. The van der Waals surface area contributed by atoms with Crippen molar-refractivity contribution in [3.63, 3.8) is 0 Å². The summed E-state index contributed by atoms with van der Waals surface area (Å²) >= 11 is 0. The van der Waals surface area contributed by atoms with E-state index in [-0.39, 0.29) is 0 Å². The van der Waals surface area contributed by atoms with Gasteiger partial charge in [-0.2, -0.15) is 0 Å². The molecular weight excluding hydrogens is 480 g/mol. The number of fused-ring (bicyclic) bond motifs is 1. The van der Waals surface area contributed by atoms with Crippen molar-refractivity contribution in [2.75, 3.05) is 5.73 Å². The number of nitrogens with zero attached hydrogens (tertiary/aromatic N) is 3. The lowest BCUT2D eigenvalue weighted by Crippen LogP contribution is -2.23. The number of aromatic amines is 1. The highest BCUT2D eigenvalue weighted by molar-refractivity contribution is 5.94. The Morgan fingerprint density at radius 3 is 2.59 bits per heavy atom. The van der Waals surface area contributed by atoms with Crippen LogP contribution in [0.15, 0.2) is 98.0 Å². The van der Waals surface area contributed by atoms with Gasteiger partial charge in [0.25, 0.3) is 0 Å². The summed E-state index contributed by atoms with van der Waals surface area (Å²) in [5.41, 5.74) is 15.5. The second-order valence-corrected chi connectivity index (χ2v) is 9.45. The molecule has 6 nitrogen and oxygen atoms in total. The molecule has 0 saturated heterocycles. The Hall–Kier alpha value is -4.89. The lowest BCUT2D eigenvalue weighted by molar-refractivity contribution is 0.356. The first-order valence-electron chi connectivity index (χ1n) is 13.0. The first kappa shape index (κ1) is 27.2. The van der Waals surface area contributed by atoms with Gasteiger partial charge in [-0.15, -0.1) is 12.8 Å². The third kappa shape index (κ3) is 6.16. The number of hydrogen-bond acceptors (Lipinski definition) is 5. The molecule has 1 aliphatic carbocycles. The summed E-state index contributed by atoms with van der Waals surface area (Å²) in [5.74, 6) is 1.07. The van der Waals surface area contributed by atoms with Gasteiger partial charge in [-0.1, -0.05) is 25.7 Å². The number of nitrogen functional groups attached to an aromatic ring is 1. The van der Waals surface area contributed by atoms with E-state index in [1.54, 1.807) is 12.4 Å². The average Bonchev–Trinajstić information content (AvgIpc) is 3.35. The van der Waals surface area contributed by atoms with E-state index < -0.39 is 0 Å². The molecule has 0 spiro atoms. The van der Waals surface area contributed by atoms with Gasteiger partial charge in [0.05, 0.1) is 11.7 Å². The summed E-state index contributed by atoms with van der Waals surface area (Å²) in [4.78, 5) is 16.6. The standard InChI is InChI=1S/C31H32N6.C2H2/c1-4-21(14-26(5-2)36-20(3)22-7-6-8-22)25-13-24(31(32)35-17-25)15-27-16-28-29(18-34-19-30(28)37-27)23-9-11-33-12-10-23;1-2/h4-5,9-14,16-19,22,36-37H,2-3,6-8,15H2,1H3,(H2,32,35);1-2H/b21-4+,26-14+;. The number of H-pyrrole nitrogens is 1. The quantitative estimate of drug-likeness (QED) is 0.168. The highest BCUT2D eigenvalue weighted by Crippen LogP contribution is 2.32. The summed E-state index contributed by atoms with van der Waals surface area (Å²) in [6.45, 7) is 10.2. The number of anilines is 1. The Balaban J connectivity index is 0.00000172. The van der Waals surface area contributed by atoms with Gasteiger partial charge in [0.1, 0.15) is 5.82 Å². The predicted molar refractivity (Wildman–Crippen MR) is 162 cm³/mol. The molecule has 0 aliphatic heterocycles. The minimum absolute atomic E-state index is 0.523. The molecule has 0 aromatic carbocycles. The fourth-order valence-electron chi connectivity index (χ4n) is 4.68. The summed E-state index contributed by atoms with van der Waals surface area (Å²) in [7, 11) is 0. The number of terminal acetylenes is 1. The van der Waals surface area contributed by atoms with E-state index in [9.17, 15) is 0 Å². The molecule has 0 radical (unpaired) electrons. The van der Waals surface area contributed by atoms with Crippen LogP contribution in [-0.4, -0.2) is 19.9 Å². The van der Waals surface area contributed by atoms with Crippen LogP contribution in [-0.2, 0) is 6.42 Å². The van der Waals surface area contributed by atoms with E-state index in [1.807, 2.05) is 43.7 Å². The van der Waals surface area contributed by atoms with E-state index in [0.29, 0.717) is 18.2 Å². The molecule has 0 amide bonds. The minimum atomic E-state index is 0.523. The van der Waals surface area contributed by atoms with Gasteiger partial charge >= 0.3 is 0 Å². The van der Waals surface area contributed by atoms with Crippen molar-refractivity contribution in [2.24, 2.45) is 5.92 Å². The second-order valence-electron chi connectivity index (χ2n) is 9.45. The maximum atomic E-state index is 6.32. The smallest absolute Gasteiger partial charge is 0.126 e. The highest BCUT2D eigenvalue weighted by Gasteiger charge is 2.20. The van der Waals surface area contributed by atoms with Gasteiger partial charge in [0.2, 0.25) is 0 Å². The van der Waals surface area contributed by atoms with Gasteiger partial charge in [0.15, 0.2) is 0 Å². The third-order valence-electron chi connectivity index (χ3n) is 7.05. The summed E-state index contributed by atoms with van der Waals surface area (Å²) in [6.07, 6.45) is 27.4. The Bertz CT molecular complexity index is 1550. The van der Waals surface area contributed by atoms with Crippen LogP contribution in [0.2, 0.25) is 0 Å². The van der Waals surface area contributed by atoms with E-state index in [1.165, 1.54) is 19.3 Å². The molecule has 0 atom stereocenters. The Labute approximate surface area is 230 Å². The van der Waals surface area contributed by atoms with Crippen molar-refractivity contribution in [3.05, 3.63) is 115 Å². The van der Waals surface area contributed by atoms with Crippen molar-refractivity contribution in [3.8, 4) is 24.0 Å². The van der Waals surface area contributed by atoms with Crippen LogP contribution < -0.4 is 11.1 Å². The van der Waals surface area contributed by atoms with Gasteiger partial charge in [-0.3, -0.25) is 9.97 Å². The Morgan fingerprint density at radius 2 is 1.92 bits per heavy atom. The van der Waals surface area contributed by atoms with E-state index >= 15 is 0 Å². The van der Waals surface area contributed by atoms with Crippen molar-refractivity contribution < 1.29 is 0 Å². The minimum Gasteiger partial charge on any atom is -0.383 e. The highest BCUT2D eigenvalue weighted by atomic mass is 14.9. The van der Waals surface area contributed by atoms with E-state index in [0.717, 1.165) is 55.8 Å². The van der Waals surface area contributed by atoms with Crippen molar-refractivity contribution in [2.45, 2.75) is 32.6 Å². The molecule has 4 aromatic rings. The molecule has 6 heteroatoms. The second kappa shape index (κ2) is 12.6.